The van der Waals surface area contributed by atoms with Crippen LogP contribution >= 0.6 is 0 Å². The minimum absolute atomic E-state index is 0.118. The predicted molar refractivity (Wildman–Crippen MR) is 145 cm³/mol. The molecular formula is C27H41N5O4S. The Balaban J connectivity index is 1.19. The molecular weight excluding hydrogens is 490 g/mol. The molecule has 1 atom stereocenters. The van der Waals surface area contributed by atoms with Crippen LogP contribution in [0.25, 0.3) is 0 Å². The number of methoxy groups -OCH3 is 1. The van der Waals surface area contributed by atoms with Crippen LogP contribution in [0.3, 0.4) is 0 Å². The van der Waals surface area contributed by atoms with Gasteiger partial charge in [0.25, 0.3) is 0 Å². The molecule has 1 aromatic carbocycles. The largest absolute Gasteiger partial charge is 0.493 e. The van der Waals surface area contributed by atoms with Crippen molar-refractivity contribution in [3.05, 3.63) is 29.3 Å². The van der Waals surface area contributed by atoms with E-state index in [-0.39, 0.29) is 12.1 Å². The van der Waals surface area contributed by atoms with E-state index in [1.807, 2.05) is 0 Å². The number of hydrogen-bond donors (Lipinski definition) is 1. The fraction of sp³-hybridized carbons (Fsp3) is 0.704. The van der Waals surface area contributed by atoms with Crippen LogP contribution in [0.2, 0.25) is 0 Å². The molecule has 0 aromatic heterocycles. The Morgan fingerprint density at radius 2 is 1.81 bits per heavy atom. The first kappa shape index (κ1) is 26.3. The predicted octanol–water partition coefficient (Wildman–Crippen LogP) is 4.16. The van der Waals surface area contributed by atoms with Crippen molar-refractivity contribution in [2.45, 2.75) is 89.1 Å². The molecule has 2 heterocycles. The van der Waals surface area contributed by atoms with E-state index in [1.165, 1.54) is 67.7 Å². The average molecular weight is 532 g/mol. The highest BCUT2D eigenvalue weighted by atomic mass is 32.2. The van der Waals surface area contributed by atoms with E-state index in [4.69, 9.17) is 9.47 Å². The van der Waals surface area contributed by atoms with Gasteiger partial charge in [0.15, 0.2) is 0 Å². The molecule has 2 aliphatic heterocycles. The summed E-state index contributed by atoms with van der Waals surface area (Å²) >= 11 is 0. The van der Waals surface area contributed by atoms with Gasteiger partial charge in [0, 0.05) is 18.6 Å². The van der Waals surface area contributed by atoms with Gasteiger partial charge in [-0.15, -0.1) is 0 Å². The van der Waals surface area contributed by atoms with Crippen molar-refractivity contribution in [3.8, 4) is 5.75 Å². The van der Waals surface area contributed by atoms with Gasteiger partial charge in [0.2, 0.25) is 5.96 Å². The minimum Gasteiger partial charge on any atom is -0.493 e. The quantitative estimate of drug-likeness (QED) is 0.531. The lowest BCUT2D eigenvalue weighted by molar-refractivity contribution is 0.147. The van der Waals surface area contributed by atoms with Crippen molar-refractivity contribution >= 4 is 22.2 Å². The number of fused-ring (bicyclic) bond motifs is 1. The second-order valence-corrected chi connectivity index (χ2v) is 12.0. The van der Waals surface area contributed by atoms with Crippen LogP contribution in [0.1, 0.15) is 87.8 Å². The highest BCUT2D eigenvalue weighted by Gasteiger charge is 2.37. The van der Waals surface area contributed by atoms with E-state index in [0.29, 0.717) is 25.2 Å². The first-order valence-corrected chi connectivity index (χ1v) is 15.5. The Morgan fingerprint density at radius 3 is 2.59 bits per heavy atom. The summed E-state index contributed by atoms with van der Waals surface area (Å²) < 4.78 is 42.3. The Hall–Kier alpha value is -2.33. The lowest BCUT2D eigenvalue weighted by Crippen LogP contribution is -2.52. The molecule has 4 aliphatic rings. The highest BCUT2D eigenvalue weighted by molar-refractivity contribution is 7.88. The monoisotopic (exact) mass is 531 g/mol. The zero-order valence-corrected chi connectivity index (χ0v) is 22.8. The summed E-state index contributed by atoms with van der Waals surface area (Å²) in [5, 5.41) is 3.24. The summed E-state index contributed by atoms with van der Waals surface area (Å²) in [6.45, 7) is 3.49. The molecule has 1 unspecified atom stereocenters. The van der Waals surface area contributed by atoms with Crippen LogP contribution < -0.4 is 10.1 Å². The zero-order chi connectivity index (χ0) is 25.7. The van der Waals surface area contributed by atoms with Crippen LogP contribution in [0.4, 0.5) is 0 Å². The van der Waals surface area contributed by atoms with Gasteiger partial charge in [0.1, 0.15) is 5.75 Å². The van der Waals surface area contributed by atoms with Gasteiger partial charge < -0.3 is 14.8 Å². The van der Waals surface area contributed by atoms with Crippen molar-refractivity contribution in [2.75, 3.05) is 33.4 Å². The molecule has 204 valence electrons. The van der Waals surface area contributed by atoms with Crippen LogP contribution in [-0.2, 0) is 21.4 Å². The second kappa shape index (κ2) is 12.0. The number of likely N-dealkylation sites (tertiary alicyclic amines) is 1. The second-order valence-electron chi connectivity index (χ2n) is 10.5. The summed E-state index contributed by atoms with van der Waals surface area (Å²) in [5.41, 5.74) is 2.81. The molecule has 2 fully saturated rings. The Kier molecular flexibility index (Phi) is 8.54. The molecule has 9 nitrogen and oxygen atoms in total. The molecule has 1 N–H and O–H groups in total. The number of nitrogens with zero attached hydrogens (tertiary/aromatic N) is 4. The smallest absolute Gasteiger partial charge is 0.351 e. The topological polar surface area (TPSA) is 95.8 Å². The van der Waals surface area contributed by atoms with Crippen LogP contribution in [-0.4, -0.2) is 69.0 Å². The summed E-state index contributed by atoms with van der Waals surface area (Å²) in [4.78, 5) is 7.02. The van der Waals surface area contributed by atoms with E-state index in [2.05, 4.69) is 37.8 Å². The fourth-order valence-electron chi connectivity index (χ4n) is 6.28. The molecule has 0 amide bonds. The van der Waals surface area contributed by atoms with Gasteiger partial charge in [-0.2, -0.15) is 13.4 Å². The summed E-state index contributed by atoms with van der Waals surface area (Å²) in [6.07, 6.45) is 13.0. The van der Waals surface area contributed by atoms with Crippen LogP contribution in [0.15, 0.2) is 27.6 Å². The Bertz CT molecular complexity index is 1090. The molecule has 2 aliphatic carbocycles. The number of rotatable bonds is 7. The van der Waals surface area contributed by atoms with Crippen LogP contribution in [0.5, 0.6) is 5.75 Å². The number of benzene rings is 1. The molecule has 37 heavy (non-hydrogen) atoms. The zero-order valence-electron chi connectivity index (χ0n) is 22.0. The summed E-state index contributed by atoms with van der Waals surface area (Å²) in [5.74, 6) is 1.30. The molecule has 0 spiro atoms. The van der Waals surface area contributed by atoms with E-state index in [1.54, 1.807) is 0 Å². The van der Waals surface area contributed by atoms with Gasteiger partial charge in [-0.05, 0) is 81.6 Å². The summed E-state index contributed by atoms with van der Waals surface area (Å²) in [6, 6.07) is 6.78. The van der Waals surface area contributed by atoms with Crippen LogP contribution in [0, 0.1) is 0 Å². The third kappa shape index (κ3) is 6.06. The average Bonchev–Trinajstić information content (AvgIpc) is 2.92. The Morgan fingerprint density at radius 1 is 1.03 bits per heavy atom. The lowest BCUT2D eigenvalue weighted by Gasteiger charge is -2.38. The molecule has 5 rings (SSSR count). The third-order valence-electron chi connectivity index (χ3n) is 8.07. The number of nitrogens with one attached hydrogen (secondary N) is 1. The van der Waals surface area contributed by atoms with Crippen molar-refractivity contribution in [1.82, 2.24) is 14.5 Å². The standard InChI is InChI=1S/C27H41N5O4S/c1-35-27-29-26(32(37(33,34)30-27)21-11-4-2-5-12-21)28-17-10-20-36-25-16-9-13-22-23(25)14-8-15-24(22)31-18-6-3-7-19-31/h9,13,16,21,24H,2-8,10-12,14-15,17-20H2,1H3,(H,28,29,30). The summed E-state index contributed by atoms with van der Waals surface area (Å²) in [7, 11) is -2.49. The maximum atomic E-state index is 12.9. The third-order valence-corrected chi connectivity index (χ3v) is 9.42. The first-order valence-electron chi connectivity index (χ1n) is 14.1. The van der Waals surface area contributed by atoms with Gasteiger partial charge in [-0.1, -0.05) is 42.2 Å². The van der Waals surface area contributed by atoms with Crippen molar-refractivity contribution in [3.63, 3.8) is 0 Å². The highest BCUT2D eigenvalue weighted by Crippen LogP contribution is 2.39. The fourth-order valence-corrected chi connectivity index (χ4v) is 7.59. The molecule has 1 saturated heterocycles. The van der Waals surface area contributed by atoms with E-state index >= 15 is 0 Å². The van der Waals surface area contributed by atoms with E-state index in [0.717, 1.165) is 50.7 Å². The molecule has 0 radical (unpaired) electrons. The van der Waals surface area contributed by atoms with E-state index < -0.39 is 10.2 Å². The number of guanidine groups is 1. The molecule has 10 heteroatoms. The maximum Gasteiger partial charge on any atom is 0.351 e. The van der Waals surface area contributed by atoms with Gasteiger partial charge >= 0.3 is 16.2 Å². The molecule has 0 bridgehead atoms. The normalized spacial score (nSPS) is 24.6. The number of aliphatic imine (C=N–C) groups is 1. The van der Waals surface area contributed by atoms with Crippen molar-refractivity contribution < 1.29 is 17.9 Å². The number of hydrogen-bond acceptors (Lipinski definition) is 7. The van der Waals surface area contributed by atoms with Gasteiger partial charge in [0.05, 0.1) is 13.7 Å². The minimum atomic E-state index is -3.88. The maximum absolute atomic E-state index is 12.9. The van der Waals surface area contributed by atoms with Gasteiger partial charge in [-0.25, -0.2) is 4.31 Å². The van der Waals surface area contributed by atoms with E-state index in [9.17, 15) is 8.42 Å². The number of ether oxygens (including phenoxy) is 2. The number of piperidine rings is 1. The molecule has 1 saturated carbocycles. The lowest BCUT2D eigenvalue weighted by atomic mass is 9.85. The Labute approximate surface area is 221 Å². The van der Waals surface area contributed by atoms with Gasteiger partial charge in [-0.3, -0.25) is 4.90 Å². The SMILES string of the molecule is COC1=NS(=O)(=O)N(C2CCCCC2)C(NCCCOc2cccc3c2CCCC3N2CCCCC2)=N1. The molecule has 1 aromatic rings. The van der Waals surface area contributed by atoms with Crippen molar-refractivity contribution in [1.29, 1.82) is 0 Å². The first-order chi connectivity index (χ1) is 18.1. The number of amidine groups is 1. The van der Waals surface area contributed by atoms with Crippen molar-refractivity contribution in [2.24, 2.45) is 9.39 Å².